The number of aromatic nitrogens is 1. The van der Waals surface area contributed by atoms with Gasteiger partial charge in [-0.1, -0.05) is 23.5 Å². The third-order valence-corrected chi connectivity index (χ3v) is 5.27. The number of rotatable bonds is 5. The summed E-state index contributed by atoms with van der Waals surface area (Å²) in [5.74, 6) is -2.03. The van der Waals surface area contributed by atoms with E-state index in [0.29, 0.717) is 11.8 Å². The molecule has 0 N–H and O–H groups in total. The number of amides is 1. The zero-order chi connectivity index (χ0) is 21.1. The van der Waals surface area contributed by atoms with Gasteiger partial charge in [0, 0.05) is 6.07 Å². The average molecular weight is 420 g/mol. The number of fused-ring (bicyclic) bond motifs is 1. The molecule has 2 aromatic carbocycles. The normalized spacial score (nSPS) is 11.7. The molecular weight excluding hydrogens is 402 g/mol. The first kappa shape index (κ1) is 20.7. The van der Waals surface area contributed by atoms with E-state index in [4.69, 9.17) is 4.74 Å². The molecule has 0 spiro atoms. The Labute approximate surface area is 169 Å². The van der Waals surface area contributed by atoms with Crippen molar-refractivity contribution in [3.05, 3.63) is 57.9 Å². The van der Waals surface area contributed by atoms with Crippen molar-refractivity contribution in [2.75, 3.05) is 14.2 Å². The summed E-state index contributed by atoms with van der Waals surface area (Å²) in [6, 6.07) is 7.17. The highest BCUT2D eigenvalue weighted by Gasteiger charge is 2.16. The van der Waals surface area contributed by atoms with E-state index in [1.165, 1.54) is 11.7 Å². The van der Waals surface area contributed by atoms with Gasteiger partial charge in [0.2, 0.25) is 0 Å². The van der Waals surface area contributed by atoms with Gasteiger partial charge in [0.05, 0.1) is 30.9 Å². The second kappa shape index (κ2) is 8.52. The molecule has 1 amide bonds. The third-order valence-electron chi connectivity index (χ3n) is 4.25. The van der Waals surface area contributed by atoms with Crippen LogP contribution >= 0.6 is 11.3 Å². The predicted octanol–water partition coefficient (Wildman–Crippen LogP) is 3.14. The number of hydrogen-bond donors (Lipinski definition) is 0. The van der Waals surface area contributed by atoms with Crippen molar-refractivity contribution in [2.45, 2.75) is 19.9 Å². The minimum atomic E-state index is -0.847. The monoisotopic (exact) mass is 420 g/mol. The molecule has 29 heavy (non-hydrogen) atoms. The molecule has 9 heteroatoms. The van der Waals surface area contributed by atoms with Crippen LogP contribution in [0.1, 0.15) is 11.1 Å². The summed E-state index contributed by atoms with van der Waals surface area (Å²) in [4.78, 5) is 28.4. The molecule has 0 radical (unpaired) electrons. The van der Waals surface area contributed by atoms with Crippen LogP contribution in [0.4, 0.5) is 8.78 Å². The first-order chi connectivity index (χ1) is 13.8. The second-order valence-electron chi connectivity index (χ2n) is 6.27. The molecule has 3 aromatic rings. The van der Waals surface area contributed by atoms with Gasteiger partial charge < -0.3 is 14.0 Å². The molecule has 6 nitrogen and oxygen atoms in total. The summed E-state index contributed by atoms with van der Waals surface area (Å²) in [5, 5.41) is 0. The molecule has 1 heterocycles. The van der Waals surface area contributed by atoms with Gasteiger partial charge >= 0.3 is 5.97 Å². The van der Waals surface area contributed by atoms with Gasteiger partial charge in [-0.3, -0.25) is 9.59 Å². The Bertz CT molecular complexity index is 1170. The molecule has 0 unspecified atom stereocenters. The van der Waals surface area contributed by atoms with Crippen LogP contribution in [0.2, 0.25) is 0 Å². The molecule has 0 atom stereocenters. The van der Waals surface area contributed by atoms with Crippen LogP contribution in [0.5, 0.6) is 5.75 Å². The highest BCUT2D eigenvalue weighted by atomic mass is 32.1. The van der Waals surface area contributed by atoms with Crippen LogP contribution in [-0.4, -0.2) is 30.7 Å². The molecule has 0 fully saturated rings. The Morgan fingerprint density at radius 3 is 2.59 bits per heavy atom. The first-order valence-electron chi connectivity index (χ1n) is 8.58. The number of halogens is 2. The van der Waals surface area contributed by atoms with E-state index < -0.39 is 23.5 Å². The third kappa shape index (κ3) is 4.51. The Kier molecular flexibility index (Phi) is 6.07. The SMILES string of the molecule is COC(=O)Cn1c(=NC(=O)Cc2ccc(OC)c(C)c2)sc2cc(F)cc(F)c21. The highest BCUT2D eigenvalue weighted by Crippen LogP contribution is 2.23. The highest BCUT2D eigenvalue weighted by molar-refractivity contribution is 7.16. The molecular formula is C20H18F2N2O4S. The Morgan fingerprint density at radius 2 is 1.93 bits per heavy atom. The molecule has 0 aliphatic rings. The van der Waals surface area contributed by atoms with Crippen molar-refractivity contribution in [3.8, 4) is 5.75 Å². The minimum Gasteiger partial charge on any atom is -0.496 e. The molecule has 0 bridgehead atoms. The number of aryl methyl sites for hydroxylation is 1. The van der Waals surface area contributed by atoms with Gasteiger partial charge in [-0.25, -0.2) is 8.78 Å². The Balaban J connectivity index is 2.02. The van der Waals surface area contributed by atoms with Crippen molar-refractivity contribution in [1.29, 1.82) is 0 Å². The maximum absolute atomic E-state index is 14.3. The van der Waals surface area contributed by atoms with Crippen molar-refractivity contribution in [3.63, 3.8) is 0 Å². The second-order valence-corrected chi connectivity index (χ2v) is 7.28. The van der Waals surface area contributed by atoms with E-state index in [-0.39, 0.29) is 28.0 Å². The van der Waals surface area contributed by atoms with Gasteiger partial charge in [0.1, 0.15) is 18.1 Å². The standard InChI is InChI=1S/C20H18F2N2O4S/c1-11-6-12(4-5-15(11)27-2)7-17(25)23-20-24(10-18(26)28-3)19-14(22)8-13(21)9-16(19)29-20/h4-6,8-9H,7,10H2,1-3H3. The lowest BCUT2D eigenvalue weighted by atomic mass is 10.1. The molecule has 0 saturated heterocycles. The number of methoxy groups -OCH3 is 2. The first-order valence-corrected chi connectivity index (χ1v) is 9.40. The van der Waals surface area contributed by atoms with Gasteiger partial charge in [0.15, 0.2) is 10.6 Å². The van der Waals surface area contributed by atoms with Crippen LogP contribution in [0, 0.1) is 18.6 Å². The fraction of sp³-hybridized carbons (Fsp3) is 0.250. The maximum atomic E-state index is 14.3. The van der Waals surface area contributed by atoms with Crippen LogP contribution in [-0.2, 0) is 27.3 Å². The molecule has 0 aliphatic heterocycles. The zero-order valence-corrected chi connectivity index (χ0v) is 16.8. The summed E-state index contributed by atoms with van der Waals surface area (Å²) in [7, 11) is 2.76. The van der Waals surface area contributed by atoms with E-state index in [9.17, 15) is 18.4 Å². The van der Waals surface area contributed by atoms with E-state index >= 15 is 0 Å². The molecule has 152 valence electrons. The number of carbonyl (C=O) groups excluding carboxylic acids is 2. The number of thiazole rings is 1. The summed E-state index contributed by atoms with van der Waals surface area (Å²) < 4.78 is 39.2. The van der Waals surface area contributed by atoms with Crippen LogP contribution in [0.25, 0.3) is 10.2 Å². The van der Waals surface area contributed by atoms with E-state index in [1.54, 1.807) is 19.2 Å². The lowest BCUT2D eigenvalue weighted by Gasteiger charge is -2.06. The molecule has 3 rings (SSSR count). The number of carbonyl (C=O) groups is 2. The number of benzene rings is 2. The number of ether oxygens (including phenoxy) is 2. The Hall–Kier alpha value is -3.07. The molecule has 0 aliphatic carbocycles. The van der Waals surface area contributed by atoms with Crippen molar-refractivity contribution >= 4 is 33.4 Å². The lowest BCUT2D eigenvalue weighted by Crippen LogP contribution is -2.23. The summed E-state index contributed by atoms with van der Waals surface area (Å²) in [5.41, 5.74) is 1.60. The van der Waals surface area contributed by atoms with E-state index in [1.807, 2.05) is 13.0 Å². The molecule has 0 saturated carbocycles. The van der Waals surface area contributed by atoms with Gasteiger partial charge in [-0.15, -0.1) is 0 Å². The quantitative estimate of drug-likeness (QED) is 0.595. The summed E-state index contributed by atoms with van der Waals surface area (Å²) in [6.45, 7) is 1.50. The van der Waals surface area contributed by atoms with Crippen molar-refractivity contribution < 1.29 is 27.8 Å². The van der Waals surface area contributed by atoms with Crippen LogP contribution in [0.15, 0.2) is 35.3 Å². The summed E-state index contributed by atoms with van der Waals surface area (Å²) in [6.07, 6.45) is 0.00808. The van der Waals surface area contributed by atoms with Crippen molar-refractivity contribution in [1.82, 2.24) is 4.57 Å². The fourth-order valence-corrected chi connectivity index (χ4v) is 4.01. The molecule has 1 aromatic heterocycles. The Morgan fingerprint density at radius 1 is 1.17 bits per heavy atom. The van der Waals surface area contributed by atoms with Gasteiger partial charge in [0.25, 0.3) is 5.91 Å². The number of esters is 1. The lowest BCUT2D eigenvalue weighted by molar-refractivity contribution is -0.141. The van der Waals surface area contributed by atoms with Crippen LogP contribution in [0.3, 0.4) is 0 Å². The zero-order valence-electron chi connectivity index (χ0n) is 16.0. The predicted molar refractivity (Wildman–Crippen MR) is 104 cm³/mol. The minimum absolute atomic E-state index is 0.00589. The average Bonchev–Trinajstić information content (AvgIpc) is 2.98. The topological polar surface area (TPSA) is 69.9 Å². The number of nitrogens with zero attached hydrogens (tertiary/aromatic N) is 2. The largest absolute Gasteiger partial charge is 0.496 e. The maximum Gasteiger partial charge on any atom is 0.325 e. The van der Waals surface area contributed by atoms with Gasteiger partial charge in [-0.2, -0.15) is 4.99 Å². The van der Waals surface area contributed by atoms with E-state index in [0.717, 1.165) is 28.5 Å². The summed E-state index contributed by atoms with van der Waals surface area (Å²) >= 11 is 0.921. The smallest absolute Gasteiger partial charge is 0.325 e. The fourth-order valence-electron chi connectivity index (χ4n) is 2.93. The van der Waals surface area contributed by atoms with E-state index in [2.05, 4.69) is 9.73 Å². The number of hydrogen-bond acceptors (Lipinski definition) is 5. The van der Waals surface area contributed by atoms with Crippen LogP contribution < -0.4 is 9.54 Å². The van der Waals surface area contributed by atoms with Gasteiger partial charge in [-0.05, 0) is 30.2 Å². The van der Waals surface area contributed by atoms with Crippen molar-refractivity contribution in [2.24, 2.45) is 4.99 Å².